The normalized spacial score (nSPS) is 14.3. The van der Waals surface area contributed by atoms with Crippen LogP contribution in [0, 0.1) is 0 Å². The summed E-state index contributed by atoms with van der Waals surface area (Å²) in [5.41, 5.74) is 1.25. The van der Waals surface area contributed by atoms with Crippen LogP contribution in [-0.2, 0) is 0 Å². The highest BCUT2D eigenvalue weighted by molar-refractivity contribution is 7.66. The molecule has 0 saturated heterocycles. The molecule has 0 fully saturated rings. The zero-order valence-electron chi connectivity index (χ0n) is 8.20. The highest BCUT2D eigenvalue weighted by atomic mass is 31.1. The lowest BCUT2D eigenvalue weighted by Gasteiger charge is -2.26. The van der Waals surface area contributed by atoms with E-state index in [2.05, 4.69) is 44.6 Å². The van der Waals surface area contributed by atoms with Gasteiger partial charge in [0.25, 0.3) is 0 Å². The second-order valence-electron chi connectivity index (χ2n) is 3.92. The van der Waals surface area contributed by atoms with Crippen molar-refractivity contribution < 1.29 is 0 Å². The van der Waals surface area contributed by atoms with Crippen molar-refractivity contribution in [3.63, 3.8) is 0 Å². The van der Waals surface area contributed by atoms with Crippen LogP contribution >= 0.6 is 7.92 Å². The van der Waals surface area contributed by atoms with Crippen LogP contribution in [0.3, 0.4) is 0 Å². The SMILES string of the molecule is CP(c1ccccn1)C(C)(C)C. The summed E-state index contributed by atoms with van der Waals surface area (Å²) in [4.78, 5) is 4.37. The Morgan fingerprint density at radius 3 is 2.33 bits per heavy atom. The molecule has 0 radical (unpaired) electrons. The molecule has 2 heteroatoms. The number of nitrogens with zero attached hydrogens (tertiary/aromatic N) is 1. The van der Waals surface area contributed by atoms with Crippen molar-refractivity contribution in [1.82, 2.24) is 4.98 Å². The van der Waals surface area contributed by atoms with Crippen LogP contribution in [0.1, 0.15) is 20.8 Å². The molecule has 0 aliphatic carbocycles. The predicted octanol–water partition coefficient (Wildman–Crippen LogP) is 2.62. The fourth-order valence-electron chi connectivity index (χ4n) is 0.896. The maximum absolute atomic E-state index is 4.37. The van der Waals surface area contributed by atoms with Crippen molar-refractivity contribution in [3.05, 3.63) is 24.4 Å². The standard InChI is InChI=1S/C10H16NP/c1-10(2,3)12(4)9-7-5-6-8-11-9/h5-8H,1-4H3. The monoisotopic (exact) mass is 181 g/mol. The zero-order chi connectivity index (χ0) is 9.19. The molecule has 1 unspecified atom stereocenters. The molecular weight excluding hydrogens is 165 g/mol. The van der Waals surface area contributed by atoms with Crippen LogP contribution in [0.25, 0.3) is 0 Å². The molecular formula is C10H16NP. The fraction of sp³-hybridized carbons (Fsp3) is 0.500. The lowest BCUT2D eigenvalue weighted by molar-refractivity contribution is 0.790. The first-order valence-electron chi connectivity index (χ1n) is 4.16. The van der Waals surface area contributed by atoms with Crippen LogP contribution in [0.15, 0.2) is 24.4 Å². The second kappa shape index (κ2) is 3.53. The average molecular weight is 181 g/mol. The van der Waals surface area contributed by atoms with Gasteiger partial charge in [-0.1, -0.05) is 34.8 Å². The smallest absolute Gasteiger partial charge is 0.0633 e. The van der Waals surface area contributed by atoms with Crippen molar-refractivity contribution in [1.29, 1.82) is 0 Å². The molecule has 12 heavy (non-hydrogen) atoms. The van der Waals surface area contributed by atoms with E-state index >= 15 is 0 Å². The number of aromatic nitrogens is 1. The van der Waals surface area contributed by atoms with Crippen LogP contribution in [0.5, 0.6) is 0 Å². The minimum Gasteiger partial charge on any atom is -0.257 e. The molecule has 66 valence electrons. The summed E-state index contributed by atoms with van der Waals surface area (Å²) in [6.45, 7) is 9.10. The van der Waals surface area contributed by atoms with E-state index in [1.165, 1.54) is 5.44 Å². The Kier molecular flexibility index (Phi) is 2.85. The summed E-state index contributed by atoms with van der Waals surface area (Å²) in [6.07, 6.45) is 1.87. The van der Waals surface area contributed by atoms with Gasteiger partial charge >= 0.3 is 0 Å². The van der Waals surface area contributed by atoms with E-state index < -0.39 is 0 Å². The molecule has 1 aromatic heterocycles. The minimum absolute atomic E-state index is 0.128. The van der Waals surface area contributed by atoms with Gasteiger partial charge in [0.05, 0.1) is 5.44 Å². The average Bonchev–Trinajstić information content (AvgIpc) is 2.03. The number of rotatable bonds is 1. The molecule has 1 rings (SSSR count). The third kappa shape index (κ3) is 2.28. The molecule has 0 saturated carbocycles. The van der Waals surface area contributed by atoms with Gasteiger partial charge in [-0.25, -0.2) is 0 Å². The second-order valence-corrected chi connectivity index (χ2v) is 6.84. The Morgan fingerprint density at radius 1 is 1.25 bits per heavy atom. The van der Waals surface area contributed by atoms with Gasteiger partial charge in [0.2, 0.25) is 0 Å². The van der Waals surface area contributed by atoms with Crippen LogP contribution in [0.2, 0.25) is 0 Å². The van der Waals surface area contributed by atoms with Crippen molar-refractivity contribution in [3.8, 4) is 0 Å². The molecule has 0 aromatic carbocycles. The summed E-state index contributed by atoms with van der Waals surface area (Å²) in [6, 6.07) is 6.15. The van der Waals surface area contributed by atoms with Gasteiger partial charge < -0.3 is 0 Å². The Morgan fingerprint density at radius 2 is 1.92 bits per heavy atom. The molecule has 0 aliphatic heterocycles. The van der Waals surface area contributed by atoms with Crippen molar-refractivity contribution in [2.24, 2.45) is 0 Å². The van der Waals surface area contributed by atoms with Crippen molar-refractivity contribution >= 4 is 13.4 Å². The number of hydrogen-bond donors (Lipinski definition) is 0. The number of pyridine rings is 1. The third-order valence-corrected chi connectivity index (χ3v) is 4.96. The minimum atomic E-state index is -0.128. The third-order valence-electron chi connectivity index (χ3n) is 2.00. The fourth-order valence-corrected chi connectivity index (χ4v) is 2.13. The zero-order valence-corrected chi connectivity index (χ0v) is 9.10. The Bertz CT molecular complexity index is 238. The Labute approximate surface area is 76.0 Å². The van der Waals surface area contributed by atoms with E-state index in [9.17, 15) is 0 Å². The van der Waals surface area contributed by atoms with Crippen LogP contribution < -0.4 is 5.44 Å². The largest absolute Gasteiger partial charge is 0.257 e. The maximum Gasteiger partial charge on any atom is 0.0633 e. The van der Waals surface area contributed by atoms with Gasteiger partial charge in [-0.2, -0.15) is 0 Å². The van der Waals surface area contributed by atoms with E-state index in [0.717, 1.165) is 0 Å². The van der Waals surface area contributed by atoms with E-state index in [4.69, 9.17) is 0 Å². The van der Waals surface area contributed by atoms with Gasteiger partial charge in [-0.05, 0) is 24.0 Å². The molecule has 1 atom stereocenters. The van der Waals surface area contributed by atoms with E-state index in [0.29, 0.717) is 5.16 Å². The highest BCUT2D eigenvalue weighted by Gasteiger charge is 2.21. The molecule has 1 heterocycles. The topological polar surface area (TPSA) is 12.9 Å². The van der Waals surface area contributed by atoms with Crippen LogP contribution in [-0.4, -0.2) is 16.8 Å². The molecule has 0 spiro atoms. The highest BCUT2D eigenvalue weighted by Crippen LogP contribution is 2.43. The predicted molar refractivity (Wildman–Crippen MR) is 56.5 cm³/mol. The molecule has 0 N–H and O–H groups in total. The van der Waals surface area contributed by atoms with Gasteiger partial charge in [0.1, 0.15) is 0 Å². The maximum atomic E-state index is 4.37. The molecule has 1 aromatic rings. The first kappa shape index (κ1) is 9.67. The molecule has 0 aliphatic rings. The summed E-state index contributed by atoms with van der Waals surface area (Å²) >= 11 is 0. The Hall–Kier alpha value is -0.420. The first-order chi connectivity index (χ1) is 5.52. The summed E-state index contributed by atoms with van der Waals surface area (Å²) < 4.78 is 0. The van der Waals surface area contributed by atoms with E-state index in [1.54, 1.807) is 0 Å². The van der Waals surface area contributed by atoms with Crippen molar-refractivity contribution in [2.45, 2.75) is 25.9 Å². The van der Waals surface area contributed by atoms with Crippen molar-refractivity contribution in [2.75, 3.05) is 6.66 Å². The molecule has 1 nitrogen and oxygen atoms in total. The number of hydrogen-bond acceptors (Lipinski definition) is 1. The van der Waals surface area contributed by atoms with Gasteiger partial charge in [0, 0.05) is 6.20 Å². The summed E-state index contributed by atoms with van der Waals surface area (Å²) in [5.74, 6) is 0. The summed E-state index contributed by atoms with van der Waals surface area (Å²) in [7, 11) is -0.128. The quantitative estimate of drug-likeness (QED) is 0.607. The van der Waals surface area contributed by atoms with Crippen LogP contribution in [0.4, 0.5) is 0 Å². The lowest BCUT2D eigenvalue weighted by Crippen LogP contribution is -2.20. The van der Waals surface area contributed by atoms with E-state index in [1.807, 2.05) is 12.3 Å². The first-order valence-corrected chi connectivity index (χ1v) is 5.95. The summed E-state index contributed by atoms with van der Waals surface area (Å²) in [5, 5.41) is 0.365. The lowest BCUT2D eigenvalue weighted by atomic mass is 10.3. The van der Waals surface area contributed by atoms with E-state index in [-0.39, 0.29) is 7.92 Å². The molecule has 0 amide bonds. The van der Waals surface area contributed by atoms with Gasteiger partial charge in [0.15, 0.2) is 0 Å². The van der Waals surface area contributed by atoms with Gasteiger partial charge in [-0.15, -0.1) is 0 Å². The molecule has 0 bridgehead atoms. The Balaban J connectivity index is 2.86. The van der Waals surface area contributed by atoms with Gasteiger partial charge in [-0.3, -0.25) is 4.98 Å².